The lowest BCUT2D eigenvalue weighted by atomic mass is 9.78. The molecule has 2 aromatic carbocycles. The van der Waals surface area contributed by atoms with Gasteiger partial charge in [0, 0.05) is 35.9 Å². The Kier molecular flexibility index (Phi) is 6.41. The highest BCUT2D eigenvalue weighted by Crippen LogP contribution is 2.37. The summed E-state index contributed by atoms with van der Waals surface area (Å²) in [7, 11) is 0. The molecule has 2 aliphatic rings. The van der Waals surface area contributed by atoms with Crippen LogP contribution in [0, 0.1) is 0 Å². The summed E-state index contributed by atoms with van der Waals surface area (Å²) in [5.74, 6) is 0.579. The number of hydrogen-bond donors (Lipinski definition) is 0. The molecule has 0 bridgehead atoms. The second kappa shape index (κ2) is 9.06. The summed E-state index contributed by atoms with van der Waals surface area (Å²) in [6, 6.07) is 16.5. The van der Waals surface area contributed by atoms with E-state index in [4.69, 9.17) is 0 Å². The number of hydrogen-bond acceptors (Lipinski definition) is 2. The summed E-state index contributed by atoms with van der Waals surface area (Å²) in [5, 5.41) is 0. The molecule has 31 heavy (non-hydrogen) atoms. The third kappa shape index (κ3) is 4.37. The molecular formula is C28H38N2O. The van der Waals surface area contributed by atoms with Crippen LogP contribution in [0.15, 0.2) is 42.5 Å². The van der Waals surface area contributed by atoms with Crippen LogP contribution in [-0.4, -0.2) is 35.5 Å². The zero-order valence-corrected chi connectivity index (χ0v) is 19.9. The first-order chi connectivity index (χ1) is 14.9. The van der Waals surface area contributed by atoms with Crippen LogP contribution < -0.4 is 4.90 Å². The summed E-state index contributed by atoms with van der Waals surface area (Å²) < 4.78 is 0. The van der Waals surface area contributed by atoms with Crippen molar-refractivity contribution < 1.29 is 4.79 Å². The molecule has 0 saturated carbocycles. The van der Waals surface area contributed by atoms with E-state index in [2.05, 4.69) is 69.9 Å². The Bertz CT molecular complexity index is 924. The van der Waals surface area contributed by atoms with Gasteiger partial charge in [0.25, 0.3) is 5.91 Å². The molecule has 1 fully saturated rings. The average molecular weight is 419 g/mol. The molecule has 0 radical (unpaired) electrons. The van der Waals surface area contributed by atoms with Gasteiger partial charge in [0.2, 0.25) is 0 Å². The van der Waals surface area contributed by atoms with Gasteiger partial charge in [-0.3, -0.25) is 4.79 Å². The highest BCUT2D eigenvalue weighted by atomic mass is 16.2. The smallest absolute Gasteiger partial charge is 0.254 e. The first-order valence-corrected chi connectivity index (χ1v) is 12.2. The lowest BCUT2D eigenvalue weighted by molar-refractivity contribution is 0.0642. The van der Waals surface area contributed by atoms with Crippen molar-refractivity contribution in [1.29, 1.82) is 0 Å². The van der Waals surface area contributed by atoms with Crippen LogP contribution in [0.5, 0.6) is 0 Å². The van der Waals surface area contributed by atoms with E-state index in [1.165, 1.54) is 41.8 Å². The molecule has 1 heterocycles. The van der Waals surface area contributed by atoms with Gasteiger partial charge in [-0.2, -0.15) is 0 Å². The number of amides is 1. The molecule has 1 amide bonds. The van der Waals surface area contributed by atoms with Crippen LogP contribution in [0.25, 0.3) is 0 Å². The Labute approximate surface area is 188 Å². The summed E-state index contributed by atoms with van der Waals surface area (Å²) in [6.07, 6.45) is 5.83. The van der Waals surface area contributed by atoms with Crippen molar-refractivity contribution in [3.8, 4) is 0 Å². The number of benzene rings is 2. The molecular weight excluding hydrogens is 380 g/mol. The highest BCUT2D eigenvalue weighted by molar-refractivity contribution is 5.96. The lowest BCUT2D eigenvalue weighted by Crippen LogP contribution is -2.42. The highest BCUT2D eigenvalue weighted by Gasteiger charge is 2.29. The molecule has 166 valence electrons. The Balaban J connectivity index is 1.58. The second-order valence-electron chi connectivity index (χ2n) is 10.1. The fraction of sp³-hybridized carbons (Fsp3) is 0.536. The van der Waals surface area contributed by atoms with Gasteiger partial charge < -0.3 is 9.80 Å². The van der Waals surface area contributed by atoms with Crippen LogP contribution in [0.1, 0.15) is 86.8 Å². The molecule has 2 aromatic rings. The van der Waals surface area contributed by atoms with E-state index in [9.17, 15) is 4.79 Å². The average Bonchev–Trinajstić information content (AvgIpc) is 3.18. The quantitative estimate of drug-likeness (QED) is 0.576. The van der Waals surface area contributed by atoms with Gasteiger partial charge in [-0.05, 0) is 108 Å². The molecule has 2 atom stereocenters. The number of anilines is 1. The molecule has 0 aromatic heterocycles. The molecule has 1 aliphatic carbocycles. The maximum atomic E-state index is 13.5. The van der Waals surface area contributed by atoms with Crippen molar-refractivity contribution in [1.82, 2.24) is 4.90 Å². The van der Waals surface area contributed by atoms with Crippen molar-refractivity contribution in [3.63, 3.8) is 0 Å². The third-order valence-electron chi connectivity index (χ3n) is 7.28. The van der Waals surface area contributed by atoms with Gasteiger partial charge >= 0.3 is 0 Å². The van der Waals surface area contributed by atoms with Gasteiger partial charge in [0.1, 0.15) is 0 Å². The van der Waals surface area contributed by atoms with Crippen molar-refractivity contribution in [3.05, 3.63) is 64.7 Å². The minimum absolute atomic E-state index is 0.171. The van der Waals surface area contributed by atoms with Gasteiger partial charge in [0.05, 0.1) is 0 Å². The number of aryl methyl sites for hydroxylation is 1. The summed E-state index contributed by atoms with van der Waals surface area (Å²) >= 11 is 0. The molecule has 0 spiro atoms. The first kappa shape index (κ1) is 21.9. The number of fused-ring (bicyclic) bond motifs is 1. The molecule has 0 N–H and O–H groups in total. The van der Waals surface area contributed by atoms with Crippen molar-refractivity contribution in [2.45, 2.75) is 90.8 Å². The Hall–Kier alpha value is -2.29. The predicted molar refractivity (Wildman–Crippen MR) is 130 cm³/mol. The summed E-state index contributed by atoms with van der Waals surface area (Å²) in [5.41, 5.74) is 6.46. The maximum absolute atomic E-state index is 13.5. The van der Waals surface area contributed by atoms with E-state index in [0.29, 0.717) is 12.0 Å². The van der Waals surface area contributed by atoms with E-state index in [0.717, 1.165) is 24.8 Å². The monoisotopic (exact) mass is 418 g/mol. The molecule has 1 saturated heterocycles. The Morgan fingerprint density at radius 2 is 1.74 bits per heavy atom. The van der Waals surface area contributed by atoms with Gasteiger partial charge in [-0.25, -0.2) is 0 Å². The third-order valence-corrected chi connectivity index (χ3v) is 7.28. The maximum Gasteiger partial charge on any atom is 0.254 e. The van der Waals surface area contributed by atoms with E-state index in [-0.39, 0.29) is 18.0 Å². The van der Waals surface area contributed by atoms with Crippen LogP contribution in [0.4, 0.5) is 5.69 Å². The van der Waals surface area contributed by atoms with E-state index < -0.39 is 0 Å². The summed E-state index contributed by atoms with van der Waals surface area (Å²) in [6.45, 7) is 12.0. The standard InChI is InChI=1S/C28H38N2O/c1-19(2)30(20(3)4)28(31)27-11-7-6-10-26(27)24-13-12-23-18-25(15-14-22(23)17-24)29-16-8-9-21(29)5/h6-7,10-11,14-15,18-21,24H,8-9,12-13,16-17H2,1-5H3. The number of carbonyl (C=O) groups is 1. The van der Waals surface area contributed by atoms with Crippen LogP contribution >= 0.6 is 0 Å². The minimum atomic E-state index is 0.171. The number of nitrogens with zero attached hydrogens (tertiary/aromatic N) is 2. The second-order valence-corrected chi connectivity index (χ2v) is 10.1. The summed E-state index contributed by atoms with van der Waals surface area (Å²) in [4.78, 5) is 18.1. The molecule has 1 aliphatic heterocycles. The van der Waals surface area contributed by atoms with Crippen molar-refractivity contribution >= 4 is 11.6 Å². The van der Waals surface area contributed by atoms with Crippen LogP contribution in [0.2, 0.25) is 0 Å². The van der Waals surface area contributed by atoms with E-state index in [1.807, 2.05) is 17.0 Å². The zero-order chi connectivity index (χ0) is 22.1. The number of rotatable bonds is 5. The Morgan fingerprint density at radius 1 is 1.00 bits per heavy atom. The Morgan fingerprint density at radius 3 is 2.42 bits per heavy atom. The molecule has 2 unspecified atom stereocenters. The predicted octanol–water partition coefficient (Wildman–Crippen LogP) is 6.21. The van der Waals surface area contributed by atoms with Crippen LogP contribution in [-0.2, 0) is 12.8 Å². The van der Waals surface area contributed by atoms with E-state index >= 15 is 0 Å². The van der Waals surface area contributed by atoms with Gasteiger partial charge in [0.15, 0.2) is 0 Å². The minimum Gasteiger partial charge on any atom is -0.369 e. The lowest BCUT2D eigenvalue weighted by Gasteiger charge is -2.33. The normalized spacial score (nSPS) is 20.9. The fourth-order valence-electron chi connectivity index (χ4n) is 5.75. The molecule has 4 rings (SSSR count). The largest absolute Gasteiger partial charge is 0.369 e. The molecule has 3 nitrogen and oxygen atoms in total. The van der Waals surface area contributed by atoms with Crippen molar-refractivity contribution in [2.24, 2.45) is 0 Å². The first-order valence-electron chi connectivity index (χ1n) is 12.2. The molecule has 3 heteroatoms. The SMILES string of the molecule is CC1CCCN1c1ccc2c(c1)CCC(c1ccccc1C(=O)N(C(C)C)C(C)C)C2. The zero-order valence-electron chi connectivity index (χ0n) is 19.9. The van der Waals surface area contributed by atoms with E-state index in [1.54, 1.807) is 0 Å². The van der Waals surface area contributed by atoms with Crippen LogP contribution in [0.3, 0.4) is 0 Å². The van der Waals surface area contributed by atoms with Crippen molar-refractivity contribution in [2.75, 3.05) is 11.4 Å². The fourth-order valence-corrected chi connectivity index (χ4v) is 5.75. The van der Waals surface area contributed by atoms with Gasteiger partial charge in [-0.15, -0.1) is 0 Å². The van der Waals surface area contributed by atoms with Gasteiger partial charge in [-0.1, -0.05) is 24.3 Å². The number of carbonyl (C=O) groups excluding carboxylic acids is 1. The topological polar surface area (TPSA) is 23.6 Å².